The molecule has 56 heavy (non-hydrogen) atoms. The number of unbranched alkanes of at least 4 members (excludes halogenated alkanes) is 8. The maximum atomic E-state index is 12.6. The van der Waals surface area contributed by atoms with Crippen molar-refractivity contribution < 1.29 is 52.2 Å². The lowest BCUT2D eigenvalue weighted by molar-refractivity contribution is -0.161. The van der Waals surface area contributed by atoms with E-state index in [-0.39, 0.29) is 32.6 Å². The summed E-state index contributed by atoms with van der Waals surface area (Å²) >= 11 is 0. The molecule has 0 fully saturated rings. The van der Waals surface area contributed by atoms with Crippen LogP contribution in [0.1, 0.15) is 139 Å². The number of allylic oxidation sites excluding steroid dienone is 5. The molecule has 1 aromatic rings. The average Bonchev–Trinajstić information content (AvgIpc) is 3.43. The lowest BCUT2D eigenvalue weighted by Gasteiger charge is -2.20. The molecule has 0 saturated carbocycles. The normalized spacial score (nSPS) is 14.9. The van der Waals surface area contributed by atoms with E-state index in [2.05, 4.69) is 33.8 Å². The largest absolute Gasteiger partial charge is 0.472 e. The van der Waals surface area contributed by atoms with Crippen LogP contribution in [-0.2, 0) is 45.5 Å². The lowest BCUT2D eigenvalue weighted by Crippen LogP contribution is -2.29. The summed E-state index contributed by atoms with van der Waals surface area (Å²) in [5.41, 5.74) is 7.86. The van der Waals surface area contributed by atoms with E-state index in [9.17, 15) is 29.3 Å². The molecule has 0 aliphatic carbocycles. The highest BCUT2D eigenvalue weighted by Gasteiger charge is 2.26. The third-order valence-electron chi connectivity index (χ3n) is 9.08. The number of phosphoric ester groups is 1. The standard InChI is InChI=1S/C43H72NO11P/c1-5-7-8-9-12-17-24-37(45)25-18-15-16-19-26-38(46)27-22-30-42(47)51-33-39(34-53-56(49,50)52-32-31-44)54-43(48)29-21-14-11-10-13-20-28-41-36(4)35(3)40(55-41)23-6-2/h12,15-19,25-26,37-39,45-46H,5-11,13-14,20-24,27-34,44H2,1-4H3,(H,49,50)/b16-15+,17-12-,25-18+,26-19-/t37-,38-,39-/m1/s1. The molecule has 0 spiro atoms. The number of aryl methyl sites for hydroxylation is 2. The molecule has 4 atom stereocenters. The van der Waals surface area contributed by atoms with Gasteiger partial charge in [0, 0.05) is 32.2 Å². The zero-order chi connectivity index (χ0) is 41.4. The van der Waals surface area contributed by atoms with Gasteiger partial charge in [0.05, 0.1) is 25.4 Å². The lowest BCUT2D eigenvalue weighted by atomic mass is 10.0. The van der Waals surface area contributed by atoms with Crippen LogP contribution >= 0.6 is 7.82 Å². The van der Waals surface area contributed by atoms with Gasteiger partial charge in [-0.3, -0.25) is 18.6 Å². The first-order valence-corrected chi connectivity index (χ1v) is 22.2. The van der Waals surface area contributed by atoms with Crippen molar-refractivity contribution in [2.45, 2.75) is 162 Å². The number of nitrogens with two attached hydrogens (primary N) is 1. The number of aliphatic hydroxyl groups is 2. The van der Waals surface area contributed by atoms with Gasteiger partial charge in [-0.15, -0.1) is 0 Å². The van der Waals surface area contributed by atoms with Gasteiger partial charge in [-0.1, -0.05) is 101 Å². The minimum atomic E-state index is -4.45. The van der Waals surface area contributed by atoms with Crippen molar-refractivity contribution in [1.82, 2.24) is 0 Å². The molecular formula is C43H72NO11P. The third-order valence-corrected chi connectivity index (χ3v) is 10.1. The number of hydrogen-bond donors (Lipinski definition) is 4. The van der Waals surface area contributed by atoms with Crippen LogP contribution in [0.4, 0.5) is 0 Å². The van der Waals surface area contributed by atoms with Crippen LogP contribution in [0.3, 0.4) is 0 Å². The summed E-state index contributed by atoms with van der Waals surface area (Å²) in [7, 11) is -4.45. The maximum Gasteiger partial charge on any atom is 0.472 e. The van der Waals surface area contributed by atoms with E-state index in [1.807, 2.05) is 6.08 Å². The van der Waals surface area contributed by atoms with Crippen LogP contribution in [0.15, 0.2) is 53.0 Å². The van der Waals surface area contributed by atoms with E-state index in [4.69, 9.17) is 28.7 Å². The minimum absolute atomic E-state index is 0.00822. The second kappa shape index (κ2) is 32.2. The molecule has 1 unspecified atom stereocenters. The second-order valence-electron chi connectivity index (χ2n) is 14.1. The van der Waals surface area contributed by atoms with Gasteiger partial charge in [0.2, 0.25) is 0 Å². The predicted molar refractivity (Wildman–Crippen MR) is 221 cm³/mol. The highest BCUT2D eigenvalue weighted by atomic mass is 31.2. The molecule has 1 aromatic heterocycles. The Morgan fingerprint density at radius 2 is 1.39 bits per heavy atom. The molecule has 1 heterocycles. The fourth-order valence-corrected chi connectivity index (χ4v) is 6.46. The van der Waals surface area contributed by atoms with E-state index in [1.54, 1.807) is 36.5 Å². The summed E-state index contributed by atoms with van der Waals surface area (Å²) in [6.45, 7) is 7.49. The molecule has 0 saturated heterocycles. The first-order valence-electron chi connectivity index (χ1n) is 20.7. The van der Waals surface area contributed by atoms with Gasteiger partial charge in [-0.05, 0) is 76.3 Å². The Hall–Kier alpha value is -2.83. The summed E-state index contributed by atoms with van der Waals surface area (Å²) in [5.74, 6) is 1.08. The average molecular weight is 810 g/mol. The first-order chi connectivity index (χ1) is 26.9. The molecule has 13 heteroatoms. The topological polar surface area (TPSA) is 188 Å². The number of carbonyl (C=O) groups is 2. The Morgan fingerprint density at radius 1 is 0.750 bits per heavy atom. The molecule has 320 valence electrons. The number of ether oxygens (including phenoxy) is 2. The number of esters is 2. The van der Waals surface area contributed by atoms with Crippen molar-refractivity contribution >= 4 is 19.8 Å². The van der Waals surface area contributed by atoms with Crippen LogP contribution in [0, 0.1) is 13.8 Å². The molecular weight excluding hydrogens is 737 g/mol. The predicted octanol–water partition coefficient (Wildman–Crippen LogP) is 8.76. The minimum Gasteiger partial charge on any atom is -0.466 e. The van der Waals surface area contributed by atoms with Crippen molar-refractivity contribution in [3.8, 4) is 0 Å². The number of carbonyl (C=O) groups excluding carboxylic acids is 2. The van der Waals surface area contributed by atoms with Crippen LogP contribution in [-0.4, -0.2) is 71.7 Å². The number of rotatable bonds is 34. The van der Waals surface area contributed by atoms with E-state index in [0.29, 0.717) is 25.7 Å². The number of phosphoric acid groups is 1. The van der Waals surface area contributed by atoms with Crippen molar-refractivity contribution in [3.63, 3.8) is 0 Å². The van der Waals surface area contributed by atoms with Crippen molar-refractivity contribution in [1.29, 1.82) is 0 Å². The fourth-order valence-electron chi connectivity index (χ4n) is 5.70. The molecule has 5 N–H and O–H groups in total. The van der Waals surface area contributed by atoms with E-state index in [1.165, 1.54) is 30.4 Å². The van der Waals surface area contributed by atoms with Crippen molar-refractivity contribution in [3.05, 3.63) is 71.3 Å². The summed E-state index contributed by atoms with van der Waals surface area (Å²) in [6, 6.07) is 0. The summed E-state index contributed by atoms with van der Waals surface area (Å²) < 4.78 is 38.7. The molecule has 0 aromatic carbocycles. The Bertz CT molecular complexity index is 1370. The molecule has 0 aliphatic rings. The monoisotopic (exact) mass is 809 g/mol. The Balaban J connectivity index is 2.40. The zero-order valence-corrected chi connectivity index (χ0v) is 35.4. The van der Waals surface area contributed by atoms with Crippen LogP contribution in [0.25, 0.3) is 0 Å². The SMILES string of the molecule is CCCCC/C=C\C[C@@H](O)/C=C/C=C/C=C\[C@@H](O)CCCC(=O)OC[C@H](COP(=O)(O)OCCN)OC(=O)CCCCCCCCc1oc(CCC)c(C)c1C. The van der Waals surface area contributed by atoms with E-state index < -0.39 is 44.7 Å². The molecule has 0 amide bonds. The van der Waals surface area contributed by atoms with Crippen LogP contribution < -0.4 is 5.73 Å². The van der Waals surface area contributed by atoms with Gasteiger partial charge in [0.1, 0.15) is 18.1 Å². The molecule has 0 radical (unpaired) electrons. The van der Waals surface area contributed by atoms with Crippen LogP contribution in [0.2, 0.25) is 0 Å². The quantitative estimate of drug-likeness (QED) is 0.0171. The van der Waals surface area contributed by atoms with E-state index in [0.717, 1.165) is 69.3 Å². The Morgan fingerprint density at radius 3 is 2.07 bits per heavy atom. The van der Waals surface area contributed by atoms with Gasteiger partial charge in [-0.25, -0.2) is 4.57 Å². The number of furan rings is 1. The van der Waals surface area contributed by atoms with Crippen molar-refractivity contribution in [2.24, 2.45) is 5.73 Å². The van der Waals surface area contributed by atoms with Gasteiger partial charge in [-0.2, -0.15) is 0 Å². The number of hydrogen-bond acceptors (Lipinski definition) is 11. The smallest absolute Gasteiger partial charge is 0.466 e. The summed E-state index contributed by atoms with van der Waals surface area (Å²) in [5, 5.41) is 20.3. The summed E-state index contributed by atoms with van der Waals surface area (Å²) in [4.78, 5) is 34.9. The third kappa shape index (κ3) is 26.2. The number of aliphatic hydroxyl groups excluding tert-OH is 2. The van der Waals surface area contributed by atoms with Gasteiger partial charge < -0.3 is 34.7 Å². The Kier molecular flexibility index (Phi) is 29.4. The van der Waals surface area contributed by atoms with Gasteiger partial charge in [0.25, 0.3) is 0 Å². The molecule has 12 nitrogen and oxygen atoms in total. The summed E-state index contributed by atoms with van der Waals surface area (Å²) in [6.07, 6.45) is 26.4. The van der Waals surface area contributed by atoms with Gasteiger partial charge in [0.15, 0.2) is 6.10 Å². The van der Waals surface area contributed by atoms with Crippen LogP contribution in [0.5, 0.6) is 0 Å². The van der Waals surface area contributed by atoms with Gasteiger partial charge >= 0.3 is 19.8 Å². The fraction of sp³-hybridized carbons (Fsp3) is 0.674. The highest BCUT2D eigenvalue weighted by molar-refractivity contribution is 7.47. The second-order valence-corrected chi connectivity index (χ2v) is 15.6. The molecule has 0 aliphatic heterocycles. The zero-order valence-electron chi connectivity index (χ0n) is 34.5. The van der Waals surface area contributed by atoms with Crippen molar-refractivity contribution in [2.75, 3.05) is 26.4 Å². The Labute approximate surface area is 336 Å². The first kappa shape index (κ1) is 51.2. The molecule has 1 rings (SSSR count). The highest BCUT2D eigenvalue weighted by Crippen LogP contribution is 2.43. The molecule has 0 bridgehead atoms. The maximum absolute atomic E-state index is 12.6. The van der Waals surface area contributed by atoms with E-state index >= 15 is 0 Å².